The summed E-state index contributed by atoms with van der Waals surface area (Å²) in [5, 5.41) is 11.7. The van der Waals surface area contributed by atoms with Crippen molar-refractivity contribution in [3.8, 4) is 0 Å². The molecule has 2 atom stereocenters. The highest BCUT2D eigenvalue weighted by Gasteiger charge is 2.36. The maximum absolute atomic E-state index is 10.7. The van der Waals surface area contributed by atoms with E-state index in [1.54, 1.807) is 6.07 Å². The smallest absolute Gasteiger partial charge is 0.0914 e. The molecule has 0 amide bonds. The molecule has 16 heavy (non-hydrogen) atoms. The molecule has 1 aliphatic carbocycles. The maximum Gasteiger partial charge on any atom is 0.0914 e. The van der Waals surface area contributed by atoms with E-state index in [1.807, 2.05) is 12.1 Å². The molecule has 1 aliphatic rings. The molecule has 2 unspecified atom stereocenters. The van der Waals surface area contributed by atoms with Crippen molar-refractivity contribution >= 4 is 23.2 Å². The minimum Gasteiger partial charge on any atom is -0.385 e. The Balaban J connectivity index is 2.38. The molecule has 0 radical (unpaired) electrons. The van der Waals surface area contributed by atoms with Crippen LogP contribution in [0.4, 0.5) is 0 Å². The van der Waals surface area contributed by atoms with E-state index in [1.165, 1.54) is 6.42 Å². The second-order valence-corrected chi connectivity index (χ2v) is 5.62. The van der Waals surface area contributed by atoms with Gasteiger partial charge in [-0.05, 0) is 31.2 Å². The Hall–Kier alpha value is -0.240. The number of hydrogen-bond acceptors (Lipinski definition) is 1. The van der Waals surface area contributed by atoms with Gasteiger partial charge in [0.2, 0.25) is 0 Å². The van der Waals surface area contributed by atoms with Crippen molar-refractivity contribution in [1.29, 1.82) is 0 Å². The first-order valence-electron chi connectivity index (χ1n) is 5.70. The highest BCUT2D eigenvalue weighted by Crippen LogP contribution is 2.43. The molecule has 88 valence electrons. The van der Waals surface area contributed by atoms with Crippen LogP contribution < -0.4 is 0 Å². The summed E-state index contributed by atoms with van der Waals surface area (Å²) in [6, 6.07) is 5.48. The largest absolute Gasteiger partial charge is 0.385 e. The molecule has 3 heteroatoms. The van der Waals surface area contributed by atoms with Crippen molar-refractivity contribution in [2.24, 2.45) is 5.92 Å². The third-order valence-corrected chi connectivity index (χ3v) is 4.25. The zero-order valence-corrected chi connectivity index (χ0v) is 10.9. The Morgan fingerprint density at radius 1 is 1.38 bits per heavy atom. The van der Waals surface area contributed by atoms with Crippen molar-refractivity contribution in [2.45, 2.75) is 38.2 Å². The molecule has 1 fully saturated rings. The minimum atomic E-state index is -0.792. The van der Waals surface area contributed by atoms with Crippen molar-refractivity contribution in [1.82, 2.24) is 0 Å². The first-order chi connectivity index (χ1) is 7.53. The molecule has 2 rings (SSSR count). The van der Waals surface area contributed by atoms with E-state index in [2.05, 4.69) is 6.92 Å². The van der Waals surface area contributed by atoms with E-state index in [9.17, 15) is 5.11 Å². The molecule has 1 saturated carbocycles. The third kappa shape index (κ3) is 2.22. The number of aliphatic hydroxyl groups is 1. The van der Waals surface area contributed by atoms with E-state index in [0.717, 1.165) is 24.8 Å². The Morgan fingerprint density at radius 3 is 2.81 bits per heavy atom. The van der Waals surface area contributed by atoms with Crippen LogP contribution in [-0.4, -0.2) is 5.11 Å². The van der Waals surface area contributed by atoms with Crippen LogP contribution in [0.3, 0.4) is 0 Å². The van der Waals surface area contributed by atoms with Gasteiger partial charge in [-0.3, -0.25) is 0 Å². The number of benzene rings is 1. The summed E-state index contributed by atoms with van der Waals surface area (Å²) in [4.78, 5) is 0. The molecule has 1 N–H and O–H groups in total. The SMILES string of the molecule is CC1CCCC(O)(c2cccc(Cl)c2Cl)C1. The summed E-state index contributed by atoms with van der Waals surface area (Å²) < 4.78 is 0. The van der Waals surface area contributed by atoms with Crippen LogP contribution in [0.15, 0.2) is 18.2 Å². The molecule has 0 bridgehead atoms. The van der Waals surface area contributed by atoms with Gasteiger partial charge in [-0.25, -0.2) is 0 Å². The third-order valence-electron chi connectivity index (χ3n) is 3.43. The van der Waals surface area contributed by atoms with E-state index in [-0.39, 0.29) is 0 Å². The van der Waals surface area contributed by atoms with Gasteiger partial charge < -0.3 is 5.11 Å². The summed E-state index contributed by atoms with van der Waals surface area (Å²) in [5.41, 5.74) is -0.00663. The van der Waals surface area contributed by atoms with Gasteiger partial charge >= 0.3 is 0 Å². The first-order valence-corrected chi connectivity index (χ1v) is 6.45. The van der Waals surface area contributed by atoms with Gasteiger partial charge in [0.25, 0.3) is 0 Å². The Kier molecular flexibility index (Phi) is 3.48. The van der Waals surface area contributed by atoms with Gasteiger partial charge in [-0.1, -0.05) is 48.7 Å². The van der Waals surface area contributed by atoms with Gasteiger partial charge in [0.15, 0.2) is 0 Å². The Bertz CT molecular complexity index is 392. The first kappa shape index (κ1) is 12.2. The van der Waals surface area contributed by atoms with Gasteiger partial charge in [0.05, 0.1) is 15.6 Å². The molecular formula is C13H16Cl2O. The number of hydrogen-bond donors (Lipinski definition) is 1. The van der Waals surface area contributed by atoms with Crippen molar-refractivity contribution in [3.05, 3.63) is 33.8 Å². The second kappa shape index (κ2) is 4.56. The predicted octanol–water partition coefficient (Wildman–Crippen LogP) is 4.39. The zero-order chi connectivity index (χ0) is 11.8. The molecule has 0 heterocycles. The van der Waals surface area contributed by atoms with E-state index < -0.39 is 5.60 Å². The number of rotatable bonds is 1. The molecule has 1 nitrogen and oxygen atoms in total. The molecule has 0 saturated heterocycles. The van der Waals surface area contributed by atoms with Crippen LogP contribution in [0.5, 0.6) is 0 Å². The average Bonchev–Trinajstić information content (AvgIpc) is 2.21. The Morgan fingerprint density at radius 2 is 2.12 bits per heavy atom. The summed E-state index contributed by atoms with van der Waals surface area (Å²) in [5.74, 6) is 0.536. The van der Waals surface area contributed by atoms with Crippen LogP contribution in [0.25, 0.3) is 0 Å². The normalized spacial score (nSPS) is 30.4. The monoisotopic (exact) mass is 258 g/mol. The van der Waals surface area contributed by atoms with E-state index >= 15 is 0 Å². The van der Waals surface area contributed by atoms with Crippen LogP contribution in [0, 0.1) is 5.92 Å². The summed E-state index contributed by atoms with van der Waals surface area (Å²) >= 11 is 12.2. The van der Waals surface area contributed by atoms with E-state index in [4.69, 9.17) is 23.2 Å². The predicted molar refractivity (Wildman–Crippen MR) is 68.0 cm³/mol. The fourth-order valence-electron chi connectivity index (χ4n) is 2.63. The zero-order valence-electron chi connectivity index (χ0n) is 9.34. The van der Waals surface area contributed by atoms with Crippen molar-refractivity contribution in [2.75, 3.05) is 0 Å². The van der Waals surface area contributed by atoms with Crippen LogP contribution >= 0.6 is 23.2 Å². The maximum atomic E-state index is 10.7. The summed E-state index contributed by atoms with van der Waals surface area (Å²) in [7, 11) is 0. The lowest BCUT2D eigenvalue weighted by atomic mass is 9.75. The molecule has 1 aromatic carbocycles. The molecule has 0 spiro atoms. The minimum absolute atomic E-state index is 0.501. The fraction of sp³-hybridized carbons (Fsp3) is 0.538. The fourth-order valence-corrected chi connectivity index (χ4v) is 3.11. The number of halogens is 2. The highest BCUT2D eigenvalue weighted by molar-refractivity contribution is 6.42. The van der Waals surface area contributed by atoms with Gasteiger partial charge in [0.1, 0.15) is 0 Å². The second-order valence-electron chi connectivity index (χ2n) is 4.83. The van der Waals surface area contributed by atoms with E-state index in [0.29, 0.717) is 16.0 Å². The Labute approximate surface area is 106 Å². The van der Waals surface area contributed by atoms with Gasteiger partial charge in [-0.2, -0.15) is 0 Å². The summed E-state index contributed by atoms with van der Waals surface area (Å²) in [6.45, 7) is 2.17. The van der Waals surface area contributed by atoms with Crippen LogP contribution in [0.2, 0.25) is 10.0 Å². The topological polar surface area (TPSA) is 20.2 Å². The van der Waals surface area contributed by atoms with Crippen molar-refractivity contribution in [3.63, 3.8) is 0 Å². The molecule has 1 aromatic rings. The van der Waals surface area contributed by atoms with Gasteiger partial charge in [0, 0.05) is 5.56 Å². The lowest BCUT2D eigenvalue weighted by molar-refractivity contribution is -0.0177. The van der Waals surface area contributed by atoms with Crippen LogP contribution in [0.1, 0.15) is 38.2 Å². The molecule has 0 aliphatic heterocycles. The summed E-state index contributed by atoms with van der Waals surface area (Å²) in [6.07, 6.45) is 3.77. The average molecular weight is 259 g/mol. The van der Waals surface area contributed by atoms with Gasteiger partial charge in [-0.15, -0.1) is 0 Å². The highest BCUT2D eigenvalue weighted by atomic mass is 35.5. The lowest BCUT2D eigenvalue weighted by Gasteiger charge is -2.36. The standard InChI is InChI=1S/C13H16Cl2O/c1-9-4-3-7-13(16,8-9)10-5-2-6-11(14)12(10)15/h2,5-6,9,16H,3-4,7-8H2,1H3. The van der Waals surface area contributed by atoms with Crippen molar-refractivity contribution < 1.29 is 5.11 Å². The molecular weight excluding hydrogens is 243 g/mol. The quantitative estimate of drug-likeness (QED) is 0.792. The lowest BCUT2D eigenvalue weighted by Crippen LogP contribution is -2.32. The van der Waals surface area contributed by atoms with Crippen LogP contribution in [-0.2, 0) is 5.60 Å². The molecule has 0 aromatic heterocycles.